The standard InChI is InChI=1S/C25H20BrN5O6/c1-15(2)24-28-21-9-6-18(26)12-20(21)25(32)29(24)27-13-17-5-10-23(22(11-17)31(35)36)37-14-16-3-7-19(8-4-16)30(33)34/h3-13,15H,14H2,1-2H3. The molecule has 0 spiro atoms. The lowest BCUT2D eigenvalue weighted by Gasteiger charge is -2.12. The minimum Gasteiger partial charge on any atom is -0.482 e. The molecular formula is C25H20BrN5O6. The van der Waals surface area contributed by atoms with Crippen molar-refractivity contribution in [1.29, 1.82) is 0 Å². The number of rotatable bonds is 8. The molecule has 0 unspecified atom stereocenters. The highest BCUT2D eigenvalue weighted by atomic mass is 79.9. The Kier molecular flexibility index (Phi) is 7.39. The van der Waals surface area contributed by atoms with E-state index in [1.165, 1.54) is 47.3 Å². The summed E-state index contributed by atoms with van der Waals surface area (Å²) in [6.45, 7) is 3.76. The second-order valence-electron chi connectivity index (χ2n) is 8.34. The third kappa shape index (κ3) is 5.70. The summed E-state index contributed by atoms with van der Waals surface area (Å²) in [5.74, 6) is 0.369. The molecule has 4 aromatic rings. The van der Waals surface area contributed by atoms with Crippen molar-refractivity contribution in [1.82, 2.24) is 9.66 Å². The number of non-ortho nitro benzene ring substituents is 1. The number of benzene rings is 3. The Morgan fingerprint density at radius 2 is 1.78 bits per heavy atom. The monoisotopic (exact) mass is 565 g/mol. The summed E-state index contributed by atoms with van der Waals surface area (Å²) in [7, 11) is 0. The van der Waals surface area contributed by atoms with Crippen LogP contribution in [0.2, 0.25) is 0 Å². The lowest BCUT2D eigenvalue weighted by molar-refractivity contribution is -0.386. The van der Waals surface area contributed by atoms with Crippen molar-refractivity contribution < 1.29 is 14.6 Å². The summed E-state index contributed by atoms with van der Waals surface area (Å²) in [6.07, 6.45) is 1.35. The number of aromatic nitrogens is 2. The minimum absolute atomic E-state index is 0.0161. The Balaban J connectivity index is 1.63. The first-order valence-corrected chi connectivity index (χ1v) is 11.8. The number of fused-ring (bicyclic) bond motifs is 1. The normalized spacial score (nSPS) is 11.4. The summed E-state index contributed by atoms with van der Waals surface area (Å²) >= 11 is 3.36. The van der Waals surface area contributed by atoms with Crippen molar-refractivity contribution in [3.63, 3.8) is 0 Å². The van der Waals surface area contributed by atoms with Gasteiger partial charge in [0.25, 0.3) is 11.2 Å². The first-order chi connectivity index (χ1) is 17.6. The molecule has 0 saturated heterocycles. The van der Waals surface area contributed by atoms with Crippen LogP contribution in [-0.2, 0) is 6.61 Å². The number of halogens is 1. The number of nitro groups is 2. The number of hydrogen-bond acceptors (Lipinski definition) is 8. The molecule has 0 atom stereocenters. The molecule has 0 saturated carbocycles. The summed E-state index contributed by atoms with van der Waals surface area (Å²) in [6, 6.07) is 15.2. The molecule has 1 aromatic heterocycles. The fourth-order valence-electron chi connectivity index (χ4n) is 3.53. The predicted octanol–water partition coefficient (Wildman–Crippen LogP) is 5.56. The topological polar surface area (TPSA) is 143 Å². The van der Waals surface area contributed by atoms with Gasteiger partial charge in [0, 0.05) is 34.2 Å². The van der Waals surface area contributed by atoms with Crippen LogP contribution >= 0.6 is 15.9 Å². The number of nitro benzene ring substituents is 2. The maximum atomic E-state index is 13.2. The van der Waals surface area contributed by atoms with Crippen LogP contribution in [-0.4, -0.2) is 25.7 Å². The molecule has 0 N–H and O–H groups in total. The molecule has 0 bridgehead atoms. The number of nitrogens with zero attached hydrogens (tertiary/aromatic N) is 5. The molecule has 12 heteroatoms. The van der Waals surface area contributed by atoms with Crippen molar-refractivity contribution in [2.75, 3.05) is 0 Å². The van der Waals surface area contributed by atoms with Crippen molar-refractivity contribution in [3.05, 3.63) is 113 Å². The first-order valence-electron chi connectivity index (χ1n) is 11.0. The highest BCUT2D eigenvalue weighted by molar-refractivity contribution is 9.10. The zero-order valence-electron chi connectivity index (χ0n) is 19.7. The van der Waals surface area contributed by atoms with Crippen LogP contribution in [0.3, 0.4) is 0 Å². The van der Waals surface area contributed by atoms with Gasteiger partial charge in [0.1, 0.15) is 12.4 Å². The zero-order chi connectivity index (χ0) is 26.7. The average molecular weight is 566 g/mol. The number of hydrogen-bond donors (Lipinski definition) is 0. The first kappa shape index (κ1) is 25.6. The highest BCUT2D eigenvalue weighted by Gasteiger charge is 2.17. The Morgan fingerprint density at radius 1 is 1.05 bits per heavy atom. The van der Waals surface area contributed by atoms with E-state index in [2.05, 4.69) is 26.0 Å². The van der Waals surface area contributed by atoms with E-state index in [1.54, 1.807) is 24.3 Å². The molecule has 0 radical (unpaired) electrons. The maximum absolute atomic E-state index is 13.2. The van der Waals surface area contributed by atoms with E-state index in [-0.39, 0.29) is 35.2 Å². The molecule has 4 rings (SSSR count). The van der Waals surface area contributed by atoms with Crippen LogP contribution in [0.4, 0.5) is 11.4 Å². The second-order valence-corrected chi connectivity index (χ2v) is 9.26. The van der Waals surface area contributed by atoms with Crippen molar-refractivity contribution in [2.45, 2.75) is 26.4 Å². The van der Waals surface area contributed by atoms with E-state index < -0.39 is 9.85 Å². The van der Waals surface area contributed by atoms with E-state index in [0.29, 0.717) is 27.9 Å². The van der Waals surface area contributed by atoms with Gasteiger partial charge in [-0.1, -0.05) is 29.8 Å². The van der Waals surface area contributed by atoms with Crippen LogP contribution in [0, 0.1) is 20.2 Å². The Labute approximate surface area is 218 Å². The third-order valence-electron chi connectivity index (χ3n) is 5.39. The van der Waals surface area contributed by atoms with Crippen LogP contribution in [0.5, 0.6) is 5.75 Å². The smallest absolute Gasteiger partial charge is 0.311 e. The summed E-state index contributed by atoms with van der Waals surface area (Å²) in [5, 5.41) is 27.2. The molecule has 0 fully saturated rings. The van der Waals surface area contributed by atoms with Crippen LogP contribution in [0.15, 0.2) is 75.0 Å². The van der Waals surface area contributed by atoms with E-state index >= 15 is 0 Å². The lowest BCUT2D eigenvalue weighted by Crippen LogP contribution is -2.23. The summed E-state index contributed by atoms with van der Waals surface area (Å²) < 4.78 is 7.53. The molecular weight excluding hydrogens is 546 g/mol. The largest absolute Gasteiger partial charge is 0.482 e. The van der Waals surface area contributed by atoms with Gasteiger partial charge in [0.15, 0.2) is 5.75 Å². The SMILES string of the molecule is CC(C)c1nc2ccc(Br)cc2c(=O)n1N=Cc1ccc(OCc2ccc([N+](=O)[O-])cc2)c([N+](=O)[O-])c1. The molecule has 37 heavy (non-hydrogen) atoms. The van der Waals surface area contributed by atoms with E-state index in [9.17, 15) is 25.0 Å². The van der Waals surface area contributed by atoms with Gasteiger partial charge in [-0.05, 0) is 48.0 Å². The fourth-order valence-corrected chi connectivity index (χ4v) is 3.89. The predicted molar refractivity (Wildman–Crippen MR) is 141 cm³/mol. The van der Waals surface area contributed by atoms with Crippen molar-refractivity contribution >= 4 is 44.4 Å². The third-order valence-corrected chi connectivity index (χ3v) is 5.89. The average Bonchev–Trinajstić information content (AvgIpc) is 2.87. The van der Waals surface area contributed by atoms with Gasteiger partial charge < -0.3 is 4.74 Å². The summed E-state index contributed by atoms with van der Waals surface area (Å²) in [4.78, 5) is 39.1. The van der Waals surface area contributed by atoms with E-state index in [4.69, 9.17) is 4.74 Å². The molecule has 11 nitrogen and oxygen atoms in total. The second kappa shape index (κ2) is 10.7. The molecule has 0 aliphatic rings. The van der Waals surface area contributed by atoms with Gasteiger partial charge in [-0.25, -0.2) is 4.98 Å². The molecule has 0 amide bonds. The minimum atomic E-state index is -0.580. The van der Waals surface area contributed by atoms with Gasteiger partial charge in [0.2, 0.25) is 0 Å². The zero-order valence-corrected chi connectivity index (χ0v) is 21.3. The molecule has 0 aliphatic heterocycles. The quantitative estimate of drug-likeness (QED) is 0.154. The fraction of sp³-hybridized carbons (Fsp3) is 0.160. The molecule has 188 valence electrons. The highest BCUT2D eigenvalue weighted by Crippen LogP contribution is 2.29. The van der Waals surface area contributed by atoms with Crippen LogP contribution < -0.4 is 10.3 Å². The number of ether oxygens (including phenoxy) is 1. The van der Waals surface area contributed by atoms with E-state index in [1.807, 2.05) is 13.8 Å². The van der Waals surface area contributed by atoms with Gasteiger partial charge in [0.05, 0.1) is 27.0 Å². The Bertz CT molecular complexity index is 1600. The molecule has 3 aromatic carbocycles. The molecule has 0 aliphatic carbocycles. The Hall–Kier alpha value is -4.45. The summed E-state index contributed by atoms with van der Waals surface area (Å²) in [5.41, 5.74) is 0.833. The maximum Gasteiger partial charge on any atom is 0.311 e. The van der Waals surface area contributed by atoms with Gasteiger partial charge >= 0.3 is 5.69 Å². The van der Waals surface area contributed by atoms with Crippen molar-refractivity contribution in [3.8, 4) is 5.75 Å². The van der Waals surface area contributed by atoms with Gasteiger partial charge in [-0.15, -0.1) is 0 Å². The van der Waals surface area contributed by atoms with Crippen molar-refractivity contribution in [2.24, 2.45) is 5.10 Å². The van der Waals surface area contributed by atoms with Gasteiger partial charge in [-0.2, -0.15) is 9.78 Å². The Morgan fingerprint density at radius 3 is 2.43 bits per heavy atom. The van der Waals surface area contributed by atoms with E-state index in [0.717, 1.165) is 4.47 Å². The van der Waals surface area contributed by atoms with Crippen LogP contribution in [0.25, 0.3) is 10.9 Å². The lowest BCUT2D eigenvalue weighted by atomic mass is 10.2. The molecule has 1 heterocycles. The van der Waals surface area contributed by atoms with Crippen LogP contribution in [0.1, 0.15) is 36.7 Å². The van der Waals surface area contributed by atoms with Gasteiger partial charge in [-0.3, -0.25) is 25.0 Å².